The SMILES string of the molecule is c1cc2c(cn1)NCC1(CCCC1)CN2. The van der Waals surface area contributed by atoms with Crippen molar-refractivity contribution < 1.29 is 0 Å². The van der Waals surface area contributed by atoms with E-state index in [1.54, 1.807) is 0 Å². The lowest BCUT2D eigenvalue weighted by Crippen LogP contribution is -2.31. The van der Waals surface area contributed by atoms with Gasteiger partial charge in [-0.05, 0) is 18.9 Å². The van der Waals surface area contributed by atoms with Gasteiger partial charge in [-0.1, -0.05) is 12.8 Å². The van der Waals surface area contributed by atoms with Gasteiger partial charge in [0.1, 0.15) is 0 Å². The zero-order valence-corrected chi connectivity index (χ0v) is 8.92. The molecular formula is C12H17N3. The Hall–Kier alpha value is -1.25. The van der Waals surface area contributed by atoms with Gasteiger partial charge in [0.25, 0.3) is 0 Å². The number of nitrogens with one attached hydrogen (secondary N) is 2. The van der Waals surface area contributed by atoms with E-state index in [4.69, 9.17) is 0 Å². The van der Waals surface area contributed by atoms with Gasteiger partial charge in [0.15, 0.2) is 0 Å². The Morgan fingerprint density at radius 2 is 1.80 bits per heavy atom. The molecular weight excluding hydrogens is 186 g/mol. The molecule has 0 bridgehead atoms. The minimum Gasteiger partial charge on any atom is -0.383 e. The van der Waals surface area contributed by atoms with E-state index in [1.165, 1.54) is 31.4 Å². The third kappa shape index (κ3) is 1.56. The fourth-order valence-electron chi connectivity index (χ4n) is 2.80. The van der Waals surface area contributed by atoms with E-state index in [0.29, 0.717) is 5.41 Å². The first-order valence-electron chi connectivity index (χ1n) is 5.80. The van der Waals surface area contributed by atoms with Gasteiger partial charge in [0.05, 0.1) is 17.6 Å². The minimum atomic E-state index is 0.485. The Bertz CT molecular complexity index is 327. The van der Waals surface area contributed by atoms with Crippen LogP contribution >= 0.6 is 0 Å². The average molecular weight is 203 g/mol. The second-order valence-electron chi connectivity index (χ2n) is 4.84. The number of fused-ring (bicyclic) bond motifs is 1. The Morgan fingerprint density at radius 1 is 1.07 bits per heavy atom. The smallest absolute Gasteiger partial charge is 0.0762 e. The molecule has 0 amide bonds. The van der Waals surface area contributed by atoms with Crippen LogP contribution in [0, 0.1) is 5.41 Å². The van der Waals surface area contributed by atoms with Crippen LogP contribution in [0.15, 0.2) is 18.5 Å². The minimum absolute atomic E-state index is 0.485. The van der Waals surface area contributed by atoms with Gasteiger partial charge in [-0.2, -0.15) is 0 Å². The second kappa shape index (κ2) is 3.40. The van der Waals surface area contributed by atoms with Crippen molar-refractivity contribution in [2.24, 2.45) is 5.41 Å². The molecule has 0 unspecified atom stereocenters. The lowest BCUT2D eigenvalue weighted by Gasteiger charge is -2.26. The number of rotatable bonds is 0. The third-order valence-electron chi connectivity index (χ3n) is 3.79. The van der Waals surface area contributed by atoms with Gasteiger partial charge in [0, 0.05) is 24.7 Å². The molecule has 3 nitrogen and oxygen atoms in total. The summed E-state index contributed by atoms with van der Waals surface area (Å²) in [4.78, 5) is 4.15. The van der Waals surface area contributed by atoms with Crippen LogP contribution in [0.3, 0.4) is 0 Å². The van der Waals surface area contributed by atoms with Gasteiger partial charge in [-0.15, -0.1) is 0 Å². The highest BCUT2D eigenvalue weighted by Crippen LogP contribution is 2.40. The van der Waals surface area contributed by atoms with E-state index in [0.717, 1.165) is 18.8 Å². The highest BCUT2D eigenvalue weighted by atomic mass is 15.0. The van der Waals surface area contributed by atoms with Crippen LogP contribution < -0.4 is 10.6 Å². The Kier molecular flexibility index (Phi) is 2.04. The van der Waals surface area contributed by atoms with Gasteiger partial charge in [0.2, 0.25) is 0 Å². The molecule has 1 aliphatic carbocycles. The molecule has 1 saturated carbocycles. The fourth-order valence-corrected chi connectivity index (χ4v) is 2.80. The first-order chi connectivity index (χ1) is 7.38. The van der Waals surface area contributed by atoms with E-state index >= 15 is 0 Å². The summed E-state index contributed by atoms with van der Waals surface area (Å²) in [5, 5.41) is 7.09. The first kappa shape index (κ1) is 9.01. The summed E-state index contributed by atoms with van der Waals surface area (Å²) in [5.74, 6) is 0. The quantitative estimate of drug-likeness (QED) is 0.680. The summed E-state index contributed by atoms with van der Waals surface area (Å²) in [6.45, 7) is 2.20. The van der Waals surface area contributed by atoms with Gasteiger partial charge in [-0.3, -0.25) is 4.98 Å². The molecule has 3 heteroatoms. The van der Waals surface area contributed by atoms with Crippen LogP contribution in [-0.4, -0.2) is 18.1 Å². The summed E-state index contributed by atoms with van der Waals surface area (Å²) < 4.78 is 0. The highest BCUT2D eigenvalue weighted by molar-refractivity contribution is 5.68. The Morgan fingerprint density at radius 3 is 2.60 bits per heavy atom. The summed E-state index contributed by atoms with van der Waals surface area (Å²) in [7, 11) is 0. The summed E-state index contributed by atoms with van der Waals surface area (Å²) in [5.41, 5.74) is 2.84. The van der Waals surface area contributed by atoms with Crippen LogP contribution in [0.5, 0.6) is 0 Å². The number of nitrogens with zero attached hydrogens (tertiary/aromatic N) is 1. The van der Waals surface area contributed by atoms with Crippen LogP contribution in [-0.2, 0) is 0 Å². The molecule has 80 valence electrons. The van der Waals surface area contributed by atoms with Crippen molar-refractivity contribution in [2.45, 2.75) is 25.7 Å². The molecule has 0 radical (unpaired) electrons. The Labute approximate surface area is 90.3 Å². The standard InChI is InChI=1S/C12H17N3/c1-2-5-12(4-1)8-14-10-3-6-13-7-11(10)15-9-12/h3,6-7,14-15H,1-2,4-5,8-9H2. The first-order valence-corrected chi connectivity index (χ1v) is 5.80. The van der Waals surface area contributed by atoms with Crippen LogP contribution in [0.25, 0.3) is 0 Å². The van der Waals surface area contributed by atoms with Gasteiger partial charge >= 0.3 is 0 Å². The zero-order chi connectivity index (χ0) is 10.1. The van der Waals surface area contributed by atoms with Crippen LogP contribution in [0.2, 0.25) is 0 Å². The highest BCUT2D eigenvalue weighted by Gasteiger charge is 2.35. The van der Waals surface area contributed by atoms with Crippen molar-refractivity contribution in [3.63, 3.8) is 0 Å². The van der Waals surface area contributed by atoms with Crippen LogP contribution in [0.4, 0.5) is 11.4 Å². The van der Waals surface area contributed by atoms with Gasteiger partial charge in [-0.25, -0.2) is 0 Å². The molecule has 2 aliphatic rings. The van der Waals surface area contributed by atoms with Crippen molar-refractivity contribution in [3.8, 4) is 0 Å². The van der Waals surface area contributed by atoms with Crippen LogP contribution in [0.1, 0.15) is 25.7 Å². The predicted octanol–water partition coefficient (Wildman–Crippen LogP) is 2.48. The van der Waals surface area contributed by atoms with E-state index in [1.807, 2.05) is 12.4 Å². The molecule has 1 fully saturated rings. The lowest BCUT2D eigenvalue weighted by atomic mass is 9.86. The molecule has 0 saturated heterocycles. The van der Waals surface area contributed by atoms with Crippen molar-refractivity contribution in [2.75, 3.05) is 23.7 Å². The van der Waals surface area contributed by atoms with E-state index in [-0.39, 0.29) is 0 Å². The van der Waals surface area contributed by atoms with E-state index in [2.05, 4.69) is 21.7 Å². The van der Waals surface area contributed by atoms with E-state index in [9.17, 15) is 0 Å². The number of anilines is 2. The van der Waals surface area contributed by atoms with E-state index < -0.39 is 0 Å². The molecule has 1 aromatic rings. The zero-order valence-electron chi connectivity index (χ0n) is 8.92. The maximum Gasteiger partial charge on any atom is 0.0762 e. The molecule has 3 rings (SSSR count). The monoisotopic (exact) mass is 203 g/mol. The Balaban J connectivity index is 1.85. The lowest BCUT2D eigenvalue weighted by molar-refractivity contribution is 0.346. The molecule has 2 heterocycles. The molecule has 15 heavy (non-hydrogen) atoms. The fraction of sp³-hybridized carbons (Fsp3) is 0.583. The number of aromatic nitrogens is 1. The molecule has 2 N–H and O–H groups in total. The number of hydrogen-bond donors (Lipinski definition) is 2. The topological polar surface area (TPSA) is 37.0 Å². The molecule has 1 aliphatic heterocycles. The van der Waals surface area contributed by atoms with Crippen molar-refractivity contribution >= 4 is 11.4 Å². The summed E-state index contributed by atoms with van der Waals surface area (Å²) in [6.07, 6.45) is 9.25. The number of hydrogen-bond acceptors (Lipinski definition) is 3. The normalized spacial score (nSPS) is 22.7. The average Bonchev–Trinajstić information content (AvgIpc) is 2.65. The molecule has 1 aromatic heterocycles. The maximum atomic E-state index is 4.15. The largest absolute Gasteiger partial charge is 0.383 e. The van der Waals surface area contributed by atoms with Gasteiger partial charge < -0.3 is 10.6 Å². The van der Waals surface area contributed by atoms with Crippen molar-refractivity contribution in [1.29, 1.82) is 0 Å². The molecule has 0 aromatic carbocycles. The molecule has 0 atom stereocenters. The third-order valence-corrected chi connectivity index (χ3v) is 3.79. The van der Waals surface area contributed by atoms with Crippen molar-refractivity contribution in [3.05, 3.63) is 18.5 Å². The second-order valence-corrected chi connectivity index (χ2v) is 4.84. The van der Waals surface area contributed by atoms with Crippen molar-refractivity contribution in [1.82, 2.24) is 4.98 Å². The maximum absolute atomic E-state index is 4.15. The molecule has 1 spiro atoms. The summed E-state index contributed by atoms with van der Waals surface area (Å²) >= 11 is 0. The number of pyridine rings is 1. The predicted molar refractivity (Wildman–Crippen MR) is 62.1 cm³/mol. The summed E-state index contributed by atoms with van der Waals surface area (Å²) in [6, 6.07) is 2.05.